The van der Waals surface area contributed by atoms with Gasteiger partial charge < -0.3 is 15.5 Å². The minimum absolute atomic E-state index is 0.0423. The highest BCUT2D eigenvalue weighted by molar-refractivity contribution is 5.98. The van der Waals surface area contributed by atoms with Crippen molar-refractivity contribution < 1.29 is 9.21 Å². The van der Waals surface area contributed by atoms with E-state index >= 15 is 0 Å². The van der Waals surface area contributed by atoms with Gasteiger partial charge >= 0.3 is 0 Å². The van der Waals surface area contributed by atoms with Crippen molar-refractivity contribution in [3.05, 3.63) is 47.7 Å². The normalized spacial score (nSPS) is 12.1. The molecule has 5 heteroatoms. The maximum atomic E-state index is 12.1. The molecular weight excluding hydrogens is 242 g/mol. The van der Waals surface area contributed by atoms with Gasteiger partial charge in [-0.3, -0.25) is 9.78 Å². The smallest absolute Gasteiger partial charge is 0.255 e. The fourth-order valence-corrected chi connectivity index (χ4v) is 1.85. The van der Waals surface area contributed by atoms with Crippen LogP contribution in [0.5, 0.6) is 0 Å². The summed E-state index contributed by atoms with van der Waals surface area (Å²) in [6.07, 6.45) is 3.75. The van der Waals surface area contributed by atoms with Gasteiger partial charge in [0.25, 0.3) is 5.91 Å². The van der Waals surface area contributed by atoms with Crippen LogP contribution in [-0.4, -0.2) is 16.9 Å². The van der Waals surface area contributed by atoms with Crippen molar-refractivity contribution in [1.29, 1.82) is 0 Å². The van der Waals surface area contributed by atoms with Gasteiger partial charge in [-0.25, -0.2) is 0 Å². The molecule has 3 N–H and O–H groups in total. The fourth-order valence-electron chi connectivity index (χ4n) is 1.85. The Labute approximate surface area is 111 Å². The van der Waals surface area contributed by atoms with Crippen molar-refractivity contribution in [2.45, 2.75) is 26.3 Å². The molecule has 0 fully saturated rings. The minimum atomic E-state index is -0.218. The molecule has 0 bridgehead atoms. The molecule has 1 atom stereocenters. The number of pyridine rings is 1. The zero-order chi connectivity index (χ0) is 13.8. The van der Waals surface area contributed by atoms with Crippen LogP contribution in [-0.2, 0) is 6.42 Å². The molecule has 1 amide bonds. The Hall–Kier alpha value is -2.30. The van der Waals surface area contributed by atoms with Crippen molar-refractivity contribution in [3.8, 4) is 0 Å². The molecule has 0 spiro atoms. The van der Waals surface area contributed by atoms with E-state index in [0.29, 0.717) is 17.7 Å². The molecule has 1 unspecified atom stereocenters. The Kier molecular flexibility index (Phi) is 3.85. The van der Waals surface area contributed by atoms with E-state index in [0.717, 1.165) is 11.5 Å². The summed E-state index contributed by atoms with van der Waals surface area (Å²) in [5, 5.41) is 2.88. The molecule has 0 aliphatic rings. The molecule has 0 saturated heterocycles. The average molecular weight is 259 g/mol. The van der Waals surface area contributed by atoms with Crippen LogP contribution in [0.4, 0.5) is 5.69 Å². The number of nitrogens with zero attached hydrogens (tertiary/aromatic N) is 1. The second kappa shape index (κ2) is 5.56. The van der Waals surface area contributed by atoms with Crippen LogP contribution in [0, 0.1) is 6.92 Å². The molecule has 2 heterocycles. The second-order valence-corrected chi connectivity index (χ2v) is 4.57. The molecule has 0 saturated carbocycles. The second-order valence-electron chi connectivity index (χ2n) is 4.57. The largest absolute Gasteiger partial charge is 0.469 e. The fraction of sp³-hybridized carbons (Fsp3) is 0.286. The zero-order valence-electron chi connectivity index (χ0n) is 11.0. The van der Waals surface area contributed by atoms with Crippen LogP contribution in [0.3, 0.4) is 0 Å². The Morgan fingerprint density at radius 1 is 1.58 bits per heavy atom. The average Bonchev–Trinajstić information content (AvgIpc) is 2.81. The lowest BCUT2D eigenvalue weighted by Crippen LogP contribution is -2.34. The van der Waals surface area contributed by atoms with E-state index in [4.69, 9.17) is 10.2 Å². The van der Waals surface area contributed by atoms with Crippen molar-refractivity contribution in [1.82, 2.24) is 10.3 Å². The van der Waals surface area contributed by atoms with Gasteiger partial charge in [0.15, 0.2) is 0 Å². The first-order valence-corrected chi connectivity index (χ1v) is 6.11. The van der Waals surface area contributed by atoms with Gasteiger partial charge in [0, 0.05) is 30.0 Å². The number of hydrogen-bond acceptors (Lipinski definition) is 4. The summed E-state index contributed by atoms with van der Waals surface area (Å²) >= 11 is 0. The number of carbonyl (C=O) groups excluding carboxylic acids is 1. The molecule has 2 aromatic heterocycles. The number of amides is 1. The summed E-state index contributed by atoms with van der Waals surface area (Å²) in [5.41, 5.74) is 7.44. The standard InChI is InChI=1S/C14H17N3O2/c1-9-7-13(15)12(8-16-9)14(18)17-10(2)6-11-4-3-5-19-11/h3-5,7-8,10H,6H2,1-2H3,(H2,15,16)(H,17,18). The van der Waals surface area contributed by atoms with Gasteiger partial charge in [-0.15, -0.1) is 0 Å². The van der Waals surface area contributed by atoms with Gasteiger partial charge in [-0.1, -0.05) is 0 Å². The van der Waals surface area contributed by atoms with Crippen LogP contribution < -0.4 is 11.1 Å². The number of aryl methyl sites for hydroxylation is 1. The van der Waals surface area contributed by atoms with Crippen LogP contribution >= 0.6 is 0 Å². The topological polar surface area (TPSA) is 81.2 Å². The third-order valence-corrected chi connectivity index (χ3v) is 2.78. The summed E-state index contributed by atoms with van der Waals surface area (Å²) in [6.45, 7) is 3.75. The molecule has 2 rings (SSSR count). The molecule has 5 nitrogen and oxygen atoms in total. The minimum Gasteiger partial charge on any atom is -0.469 e. The van der Waals surface area contributed by atoms with Gasteiger partial charge in [0.1, 0.15) is 5.76 Å². The molecular formula is C14H17N3O2. The van der Waals surface area contributed by atoms with Crippen molar-refractivity contribution in [3.63, 3.8) is 0 Å². The van der Waals surface area contributed by atoms with E-state index in [9.17, 15) is 4.79 Å². The van der Waals surface area contributed by atoms with E-state index in [1.165, 1.54) is 6.20 Å². The zero-order valence-corrected chi connectivity index (χ0v) is 11.0. The van der Waals surface area contributed by atoms with Crippen LogP contribution in [0.1, 0.15) is 28.7 Å². The van der Waals surface area contributed by atoms with E-state index in [1.54, 1.807) is 12.3 Å². The van der Waals surface area contributed by atoms with Gasteiger partial charge in [0.2, 0.25) is 0 Å². The SMILES string of the molecule is Cc1cc(N)c(C(=O)NC(C)Cc2ccco2)cn1. The van der Waals surface area contributed by atoms with Gasteiger partial charge in [-0.05, 0) is 32.0 Å². The van der Waals surface area contributed by atoms with Crippen LogP contribution in [0.15, 0.2) is 35.1 Å². The molecule has 19 heavy (non-hydrogen) atoms. The van der Waals surface area contributed by atoms with E-state index in [2.05, 4.69) is 10.3 Å². The predicted molar refractivity (Wildman–Crippen MR) is 72.7 cm³/mol. The number of furan rings is 1. The molecule has 0 radical (unpaired) electrons. The first-order valence-electron chi connectivity index (χ1n) is 6.11. The maximum absolute atomic E-state index is 12.1. The molecule has 0 aliphatic heterocycles. The Morgan fingerprint density at radius 2 is 2.37 bits per heavy atom. The van der Waals surface area contributed by atoms with Crippen molar-refractivity contribution >= 4 is 11.6 Å². The third-order valence-electron chi connectivity index (χ3n) is 2.78. The first-order chi connectivity index (χ1) is 9.06. The Balaban J connectivity index is 2.00. The van der Waals surface area contributed by atoms with Crippen LogP contribution in [0.25, 0.3) is 0 Å². The highest BCUT2D eigenvalue weighted by Crippen LogP contribution is 2.12. The number of anilines is 1. The number of rotatable bonds is 4. The number of carbonyl (C=O) groups is 1. The van der Waals surface area contributed by atoms with E-state index in [-0.39, 0.29) is 11.9 Å². The quantitative estimate of drug-likeness (QED) is 0.879. The summed E-state index contributed by atoms with van der Waals surface area (Å²) in [6, 6.07) is 5.35. The number of aromatic nitrogens is 1. The van der Waals surface area contributed by atoms with Crippen molar-refractivity contribution in [2.24, 2.45) is 0 Å². The summed E-state index contributed by atoms with van der Waals surface area (Å²) in [7, 11) is 0. The Morgan fingerprint density at radius 3 is 3.00 bits per heavy atom. The number of nitrogens with two attached hydrogens (primary N) is 1. The molecule has 100 valence electrons. The predicted octanol–water partition coefficient (Wildman–Crippen LogP) is 1.93. The summed E-state index contributed by atoms with van der Waals surface area (Å²) in [4.78, 5) is 16.1. The summed E-state index contributed by atoms with van der Waals surface area (Å²) in [5.74, 6) is 0.617. The number of nitrogens with one attached hydrogen (secondary N) is 1. The Bertz CT molecular complexity index is 564. The monoisotopic (exact) mass is 259 g/mol. The van der Waals surface area contributed by atoms with Crippen LogP contribution in [0.2, 0.25) is 0 Å². The van der Waals surface area contributed by atoms with E-state index < -0.39 is 0 Å². The molecule has 0 aliphatic carbocycles. The maximum Gasteiger partial charge on any atom is 0.255 e. The van der Waals surface area contributed by atoms with Gasteiger partial charge in [0.05, 0.1) is 11.8 Å². The lowest BCUT2D eigenvalue weighted by Gasteiger charge is -2.13. The van der Waals surface area contributed by atoms with Crippen molar-refractivity contribution in [2.75, 3.05) is 5.73 Å². The first kappa shape index (κ1) is 13.1. The van der Waals surface area contributed by atoms with Gasteiger partial charge in [-0.2, -0.15) is 0 Å². The lowest BCUT2D eigenvalue weighted by atomic mass is 10.1. The highest BCUT2D eigenvalue weighted by Gasteiger charge is 2.14. The lowest BCUT2D eigenvalue weighted by molar-refractivity contribution is 0.0940. The number of nitrogen functional groups attached to an aromatic ring is 1. The molecule has 2 aromatic rings. The summed E-state index contributed by atoms with van der Waals surface area (Å²) < 4.78 is 5.24. The van der Waals surface area contributed by atoms with E-state index in [1.807, 2.05) is 26.0 Å². The highest BCUT2D eigenvalue weighted by atomic mass is 16.3. The molecule has 0 aromatic carbocycles. The number of hydrogen-bond donors (Lipinski definition) is 2. The third kappa shape index (κ3) is 3.34.